The highest BCUT2D eigenvalue weighted by atomic mass is 32.3. The molecule has 2 saturated carbocycles. The number of carbonyl (C=O) groups excluding carboxylic acids is 1. The Balaban J connectivity index is 0.000000463. The molecule has 0 radical (unpaired) electrons. The van der Waals surface area contributed by atoms with Crippen molar-refractivity contribution in [3.8, 4) is 0 Å². The fourth-order valence-corrected chi connectivity index (χ4v) is 7.62. The first-order valence-electron chi connectivity index (χ1n) is 7.04. The smallest absolute Gasteiger partial charge is 0.285 e. The molecule has 0 saturated heterocycles. The number of amides is 1. The topological polar surface area (TPSA) is 152 Å². The van der Waals surface area contributed by atoms with Gasteiger partial charge in [0.2, 0.25) is 10.5 Å². The van der Waals surface area contributed by atoms with Gasteiger partial charge in [-0.1, -0.05) is 20.4 Å². The summed E-state index contributed by atoms with van der Waals surface area (Å²) in [4.78, 5) is 9.47. The highest BCUT2D eigenvalue weighted by Crippen LogP contribution is 2.68. The van der Waals surface area contributed by atoms with Crippen LogP contribution in [0.2, 0.25) is 0 Å². The summed E-state index contributed by atoms with van der Waals surface area (Å²) in [6, 6.07) is 0. The Morgan fingerprint density at radius 1 is 1.17 bits per heavy atom. The predicted octanol–water partition coefficient (Wildman–Crippen LogP) is 0.962. The van der Waals surface area contributed by atoms with Crippen LogP contribution in [0.3, 0.4) is 0 Å². The third-order valence-corrected chi connectivity index (χ3v) is 8.82. The molecule has 0 spiro atoms. The van der Waals surface area contributed by atoms with E-state index in [4.69, 9.17) is 0 Å². The summed E-state index contributed by atoms with van der Waals surface area (Å²) < 4.78 is 62.2. The summed E-state index contributed by atoms with van der Waals surface area (Å²) in [5, 5.41) is 0. The third kappa shape index (κ3) is 3.59. The van der Waals surface area contributed by atoms with Gasteiger partial charge in [-0.25, -0.2) is 0 Å². The number of nitrogens with two attached hydrogens (primary N) is 1. The molecule has 2 aliphatic rings. The van der Waals surface area contributed by atoms with Gasteiger partial charge in [-0.3, -0.25) is 13.9 Å². The fraction of sp³-hybridized carbons (Fsp3) is 0.769. The van der Waals surface area contributed by atoms with Gasteiger partial charge in [-0.15, -0.1) is 0 Å². The normalized spacial score (nSPS) is 29.0. The summed E-state index contributed by atoms with van der Waals surface area (Å²) in [6.45, 7) is 6.73. The van der Waals surface area contributed by atoms with Crippen molar-refractivity contribution in [3.05, 3.63) is 12.7 Å². The highest BCUT2D eigenvalue weighted by Gasteiger charge is 2.68. The maximum Gasteiger partial charge on any atom is 0.285 e. The van der Waals surface area contributed by atoms with Gasteiger partial charge in [0.05, 0.1) is 0 Å². The molecule has 2 fully saturated rings. The van der Waals surface area contributed by atoms with Crippen LogP contribution in [0, 0.1) is 16.7 Å². The van der Waals surface area contributed by atoms with Crippen LogP contribution < -0.4 is 5.73 Å². The van der Waals surface area contributed by atoms with Gasteiger partial charge in [0.15, 0.2) is 0 Å². The lowest BCUT2D eigenvalue weighted by Crippen LogP contribution is -2.49. The van der Waals surface area contributed by atoms with Crippen molar-refractivity contribution in [1.29, 1.82) is 0 Å². The van der Waals surface area contributed by atoms with Crippen molar-refractivity contribution in [2.75, 3.05) is 0 Å². The van der Waals surface area contributed by atoms with Crippen molar-refractivity contribution in [1.82, 2.24) is 0 Å². The van der Waals surface area contributed by atoms with E-state index in [0.29, 0.717) is 12.8 Å². The van der Waals surface area contributed by atoms with Crippen LogP contribution in [-0.4, -0.2) is 36.4 Å². The zero-order valence-corrected chi connectivity index (χ0v) is 14.7. The van der Waals surface area contributed by atoms with Gasteiger partial charge in [0, 0.05) is 5.41 Å². The van der Waals surface area contributed by atoms with Crippen LogP contribution in [0.4, 0.5) is 0 Å². The number of hydrogen-bond donors (Lipinski definition) is 3. The van der Waals surface area contributed by atoms with E-state index < -0.39 is 41.6 Å². The lowest BCUT2D eigenvalue weighted by atomic mass is 9.70. The van der Waals surface area contributed by atoms with E-state index in [2.05, 4.69) is 12.3 Å². The molecule has 0 aliphatic heterocycles. The second-order valence-corrected chi connectivity index (χ2v) is 9.92. The molecule has 1 amide bonds. The molecule has 23 heavy (non-hydrogen) atoms. The van der Waals surface area contributed by atoms with E-state index in [1.165, 1.54) is 0 Å². The first-order valence-corrected chi connectivity index (χ1v) is 10.1. The first kappa shape index (κ1) is 20.1. The largest absolute Gasteiger partial charge is 0.366 e. The van der Waals surface area contributed by atoms with E-state index in [-0.39, 0.29) is 5.92 Å². The molecular formula is C13H23NO7S2. The molecular weight excluding hydrogens is 346 g/mol. The highest BCUT2D eigenvalue weighted by molar-refractivity contribution is 8.04. The minimum Gasteiger partial charge on any atom is -0.366 e. The molecule has 0 aromatic rings. The lowest BCUT2D eigenvalue weighted by Gasteiger charge is -2.41. The second kappa shape index (κ2) is 6.15. The summed E-state index contributed by atoms with van der Waals surface area (Å²) in [5.74, 6) is -0.242. The Morgan fingerprint density at radius 3 is 1.70 bits per heavy atom. The van der Waals surface area contributed by atoms with Gasteiger partial charge in [0.1, 0.15) is 0 Å². The van der Waals surface area contributed by atoms with Gasteiger partial charge < -0.3 is 5.73 Å². The molecule has 0 atom stereocenters. The minimum absolute atomic E-state index is 0.239. The quantitative estimate of drug-likeness (QED) is 0.493. The van der Waals surface area contributed by atoms with E-state index >= 15 is 0 Å². The van der Waals surface area contributed by atoms with Crippen LogP contribution in [0.15, 0.2) is 12.7 Å². The van der Waals surface area contributed by atoms with Crippen LogP contribution in [-0.2, 0) is 25.0 Å². The van der Waals surface area contributed by atoms with Crippen LogP contribution in [0.25, 0.3) is 0 Å². The van der Waals surface area contributed by atoms with Gasteiger partial charge in [-0.05, 0) is 43.1 Å². The molecule has 8 nitrogen and oxygen atoms in total. The maximum absolute atomic E-state index is 11.5. The van der Waals surface area contributed by atoms with Crippen molar-refractivity contribution in [3.63, 3.8) is 0 Å². The van der Waals surface area contributed by atoms with Gasteiger partial charge in [-0.2, -0.15) is 16.8 Å². The zero-order valence-electron chi connectivity index (χ0n) is 13.1. The molecule has 0 aromatic heterocycles. The summed E-state index contributed by atoms with van der Waals surface area (Å²) in [5.41, 5.74) is 2.93. The molecule has 0 unspecified atom stereocenters. The average Bonchev–Trinajstić information content (AvgIpc) is 2.72. The first-order chi connectivity index (χ1) is 10.2. The van der Waals surface area contributed by atoms with Crippen LogP contribution in [0.1, 0.15) is 39.5 Å². The minimum atomic E-state index is -4.86. The van der Waals surface area contributed by atoms with Crippen LogP contribution in [0.5, 0.6) is 0 Å². The summed E-state index contributed by atoms with van der Waals surface area (Å²) >= 11 is 0. The lowest BCUT2D eigenvalue weighted by molar-refractivity contribution is -0.113. The van der Waals surface area contributed by atoms with E-state index in [0.717, 1.165) is 18.9 Å². The molecule has 4 N–H and O–H groups in total. The summed E-state index contributed by atoms with van der Waals surface area (Å²) in [7, 11) is -9.72. The molecule has 134 valence electrons. The average molecular weight is 369 g/mol. The van der Waals surface area contributed by atoms with E-state index in [9.17, 15) is 30.7 Å². The Kier molecular flexibility index (Phi) is 5.37. The molecule has 10 heteroatoms. The Bertz CT molecular complexity index is 654. The van der Waals surface area contributed by atoms with Crippen LogP contribution >= 0.6 is 0 Å². The van der Waals surface area contributed by atoms with Gasteiger partial charge in [0.25, 0.3) is 20.2 Å². The zero-order chi connectivity index (χ0) is 18.3. The standard InChI is InChI=1S/C10H18O6S2.C3H5NO/c1-9(2)7-3-5-10(9,6-4-7)8(17(11,12)13)18(14,15)16;1-2-3(4)5/h7-8H,3-6H2,1-2H3,(H,11,12,13)(H,14,15,16);2H,1H2,(H2,4,5). The monoisotopic (exact) mass is 369 g/mol. The number of rotatable bonds is 4. The second-order valence-electron chi connectivity index (χ2n) is 6.62. The maximum atomic E-state index is 11.5. The number of carbonyl (C=O) groups is 1. The number of hydrogen-bond acceptors (Lipinski definition) is 5. The van der Waals surface area contributed by atoms with Crippen molar-refractivity contribution in [2.45, 2.75) is 44.1 Å². The van der Waals surface area contributed by atoms with E-state index in [1.54, 1.807) is 0 Å². The van der Waals surface area contributed by atoms with Crippen molar-refractivity contribution < 1.29 is 30.7 Å². The Labute approximate surface area is 136 Å². The fourth-order valence-electron chi connectivity index (χ4n) is 4.17. The molecule has 2 bridgehead atoms. The number of primary amides is 1. The van der Waals surface area contributed by atoms with E-state index in [1.807, 2.05) is 13.8 Å². The SMILES string of the molecule is C=CC(N)=O.CC1(C)C2CCC1(C(S(=O)(=O)O)S(=O)(=O)O)CC2. The van der Waals surface area contributed by atoms with Gasteiger partial charge >= 0.3 is 0 Å². The summed E-state index contributed by atoms with van der Waals surface area (Å²) in [6.07, 6.45) is 3.31. The Morgan fingerprint density at radius 2 is 1.52 bits per heavy atom. The molecule has 0 aromatic carbocycles. The predicted molar refractivity (Wildman–Crippen MR) is 84.4 cm³/mol. The Hall–Kier alpha value is -0.970. The number of fused-ring (bicyclic) bond motifs is 2. The molecule has 2 aliphatic carbocycles. The van der Waals surface area contributed by atoms with Crippen molar-refractivity contribution >= 4 is 26.1 Å². The third-order valence-electron chi connectivity index (χ3n) is 5.38. The molecule has 2 rings (SSSR count). The van der Waals surface area contributed by atoms with Crippen molar-refractivity contribution in [2.24, 2.45) is 22.5 Å². The molecule has 0 heterocycles.